The van der Waals surface area contributed by atoms with E-state index in [1.54, 1.807) is 23.2 Å². The summed E-state index contributed by atoms with van der Waals surface area (Å²) in [6.07, 6.45) is 3.24. The Balaban J connectivity index is 1.34. The number of hydrogen-bond acceptors (Lipinski definition) is 6. The normalized spacial score (nSPS) is 20.6. The fraction of sp³-hybridized carbons (Fsp3) is 0.667. The predicted octanol–water partition coefficient (Wildman–Crippen LogP) is 3.62. The number of carbonyl (C=O) groups excluding carboxylic acids is 1. The lowest BCUT2D eigenvalue weighted by molar-refractivity contribution is 0.147. The van der Waals surface area contributed by atoms with Crippen LogP contribution in [0, 0.1) is 18.3 Å². The second-order valence-electron chi connectivity index (χ2n) is 8.41. The maximum Gasteiger partial charge on any atom is 0.323 e. The van der Waals surface area contributed by atoms with E-state index in [-0.39, 0.29) is 11.9 Å². The number of aryl methyl sites for hydroxylation is 2. The van der Waals surface area contributed by atoms with Crippen molar-refractivity contribution >= 4 is 22.5 Å². The van der Waals surface area contributed by atoms with Gasteiger partial charge in [-0.2, -0.15) is 4.98 Å². The van der Waals surface area contributed by atoms with Crippen LogP contribution in [0.1, 0.15) is 55.4 Å². The topological polar surface area (TPSA) is 84.2 Å². The molecule has 0 bridgehead atoms. The molecule has 0 saturated carbocycles. The van der Waals surface area contributed by atoms with Crippen molar-refractivity contribution in [2.75, 3.05) is 18.4 Å². The van der Waals surface area contributed by atoms with Crippen molar-refractivity contribution in [3.05, 3.63) is 22.3 Å². The Kier molecular flexibility index (Phi) is 4.25. The van der Waals surface area contributed by atoms with Gasteiger partial charge in [0, 0.05) is 18.0 Å². The van der Waals surface area contributed by atoms with Crippen LogP contribution in [-0.2, 0) is 12.8 Å². The number of nitrogens with zero attached hydrogens (tertiary/aromatic N) is 4. The molecule has 2 amide bonds. The highest BCUT2D eigenvalue weighted by Crippen LogP contribution is 2.40. The van der Waals surface area contributed by atoms with Gasteiger partial charge in [-0.1, -0.05) is 25.9 Å². The number of thiazole rings is 1. The molecule has 2 aromatic heterocycles. The first-order valence-electron chi connectivity index (χ1n) is 9.14. The summed E-state index contributed by atoms with van der Waals surface area (Å²) in [4.78, 5) is 24.4. The summed E-state index contributed by atoms with van der Waals surface area (Å²) in [7, 11) is 0. The molecule has 0 spiro atoms. The highest BCUT2D eigenvalue weighted by molar-refractivity contribution is 7.15. The molecule has 7 nitrogen and oxygen atoms in total. The molecule has 1 saturated heterocycles. The van der Waals surface area contributed by atoms with Crippen LogP contribution in [0.2, 0.25) is 0 Å². The van der Waals surface area contributed by atoms with Gasteiger partial charge in [0.1, 0.15) is 0 Å². The lowest BCUT2D eigenvalue weighted by Gasteiger charge is -2.36. The van der Waals surface area contributed by atoms with Crippen LogP contribution in [0.5, 0.6) is 0 Å². The third kappa shape index (κ3) is 3.34. The number of likely N-dealkylation sites (tertiary alicyclic amines) is 1. The number of rotatable bonds is 2. The molecule has 1 N–H and O–H groups in total. The molecule has 140 valence electrons. The van der Waals surface area contributed by atoms with E-state index in [1.807, 2.05) is 0 Å². The zero-order valence-corrected chi connectivity index (χ0v) is 16.5. The van der Waals surface area contributed by atoms with Crippen molar-refractivity contribution in [1.82, 2.24) is 20.0 Å². The summed E-state index contributed by atoms with van der Waals surface area (Å²) < 4.78 is 5.18. The maximum atomic E-state index is 12.4. The number of hydrogen-bond donors (Lipinski definition) is 1. The van der Waals surface area contributed by atoms with Gasteiger partial charge in [-0.15, -0.1) is 11.3 Å². The molecule has 0 radical (unpaired) electrons. The Morgan fingerprint density at radius 3 is 2.73 bits per heavy atom. The first kappa shape index (κ1) is 17.5. The first-order valence-corrected chi connectivity index (χ1v) is 9.96. The van der Waals surface area contributed by atoms with Crippen molar-refractivity contribution in [2.45, 2.75) is 52.9 Å². The minimum atomic E-state index is -0.101. The Hall–Kier alpha value is -1.96. The Labute approximate surface area is 157 Å². The van der Waals surface area contributed by atoms with Gasteiger partial charge in [-0.3, -0.25) is 5.32 Å². The minimum Gasteiger partial charge on any atom is -0.339 e. The van der Waals surface area contributed by atoms with Crippen molar-refractivity contribution < 1.29 is 9.32 Å². The molecule has 0 aromatic carbocycles. The molecule has 2 aromatic rings. The third-order valence-corrected chi connectivity index (χ3v) is 6.47. The van der Waals surface area contributed by atoms with Gasteiger partial charge in [0.25, 0.3) is 0 Å². The number of carbonyl (C=O) groups is 1. The molecule has 1 unspecified atom stereocenters. The highest BCUT2D eigenvalue weighted by Gasteiger charge is 2.36. The molecule has 4 rings (SSSR count). The van der Waals surface area contributed by atoms with E-state index in [9.17, 15) is 4.79 Å². The summed E-state index contributed by atoms with van der Waals surface area (Å²) in [5.74, 6) is 2.06. The van der Waals surface area contributed by atoms with Crippen LogP contribution in [0.3, 0.4) is 0 Å². The van der Waals surface area contributed by atoms with E-state index in [0.717, 1.165) is 18.5 Å². The molecule has 8 heteroatoms. The molecule has 1 fully saturated rings. The summed E-state index contributed by atoms with van der Waals surface area (Å²) in [5.41, 5.74) is 1.47. The molecule has 3 heterocycles. The Morgan fingerprint density at radius 1 is 1.31 bits per heavy atom. The Morgan fingerprint density at radius 2 is 2.08 bits per heavy atom. The Bertz CT molecular complexity index is 816. The number of urea groups is 1. The van der Waals surface area contributed by atoms with Crippen LogP contribution < -0.4 is 5.32 Å². The van der Waals surface area contributed by atoms with Gasteiger partial charge in [-0.25, -0.2) is 9.78 Å². The highest BCUT2D eigenvalue weighted by atomic mass is 32.1. The van der Waals surface area contributed by atoms with Crippen LogP contribution in [0.4, 0.5) is 9.93 Å². The number of amides is 2. The zero-order chi connectivity index (χ0) is 18.5. The lowest BCUT2D eigenvalue weighted by Crippen LogP contribution is -2.50. The van der Waals surface area contributed by atoms with Crippen molar-refractivity contribution in [3.8, 4) is 0 Å². The van der Waals surface area contributed by atoms with Gasteiger partial charge in [0.05, 0.1) is 11.6 Å². The largest absolute Gasteiger partial charge is 0.339 e. The zero-order valence-electron chi connectivity index (χ0n) is 15.7. The smallest absolute Gasteiger partial charge is 0.323 e. The number of fused-ring (bicyclic) bond motifs is 1. The van der Waals surface area contributed by atoms with E-state index < -0.39 is 0 Å². The molecular formula is C18H25N5O2S. The van der Waals surface area contributed by atoms with Crippen LogP contribution >= 0.6 is 11.3 Å². The van der Waals surface area contributed by atoms with E-state index in [2.05, 4.69) is 41.2 Å². The fourth-order valence-electron chi connectivity index (χ4n) is 3.62. The van der Waals surface area contributed by atoms with E-state index in [0.29, 0.717) is 41.3 Å². The summed E-state index contributed by atoms with van der Waals surface area (Å²) in [6, 6.07) is -0.101. The third-order valence-electron chi connectivity index (χ3n) is 5.44. The standard InChI is InChI=1S/C18H25N5O2S/c1-10-19-15(25-22-10)11-8-23(9-11)17(24)21-16-20-13-6-5-12(18(2,3)4)7-14(13)26-16/h11-12H,5-9H2,1-4H3,(H,20,21,24). The first-order chi connectivity index (χ1) is 12.3. The number of anilines is 1. The van der Waals surface area contributed by atoms with Gasteiger partial charge >= 0.3 is 6.03 Å². The van der Waals surface area contributed by atoms with Crippen LogP contribution in [0.15, 0.2) is 4.52 Å². The van der Waals surface area contributed by atoms with Gasteiger partial charge < -0.3 is 9.42 Å². The van der Waals surface area contributed by atoms with E-state index in [1.165, 1.54) is 11.3 Å². The molecular weight excluding hydrogens is 350 g/mol. The summed E-state index contributed by atoms with van der Waals surface area (Å²) >= 11 is 1.63. The van der Waals surface area contributed by atoms with Crippen molar-refractivity contribution in [1.29, 1.82) is 0 Å². The molecule has 26 heavy (non-hydrogen) atoms. The SMILES string of the molecule is Cc1noc(C2CN(C(=O)Nc3nc4c(s3)CC(C(C)(C)C)CC4)C2)n1. The monoisotopic (exact) mass is 375 g/mol. The average molecular weight is 375 g/mol. The average Bonchev–Trinajstić information content (AvgIpc) is 3.09. The summed E-state index contributed by atoms with van der Waals surface area (Å²) in [5, 5.41) is 7.48. The number of nitrogens with one attached hydrogen (secondary N) is 1. The van der Waals surface area contributed by atoms with E-state index in [4.69, 9.17) is 4.52 Å². The second-order valence-corrected chi connectivity index (χ2v) is 9.49. The van der Waals surface area contributed by atoms with Crippen molar-refractivity contribution in [3.63, 3.8) is 0 Å². The quantitative estimate of drug-likeness (QED) is 0.867. The van der Waals surface area contributed by atoms with Crippen molar-refractivity contribution in [2.24, 2.45) is 11.3 Å². The molecule has 1 aliphatic carbocycles. The maximum absolute atomic E-state index is 12.4. The minimum absolute atomic E-state index is 0.101. The molecule has 1 aliphatic heterocycles. The molecule has 2 aliphatic rings. The number of aromatic nitrogens is 3. The van der Waals surface area contributed by atoms with Crippen LogP contribution in [0.25, 0.3) is 0 Å². The van der Waals surface area contributed by atoms with Crippen LogP contribution in [-0.4, -0.2) is 39.1 Å². The van der Waals surface area contributed by atoms with E-state index >= 15 is 0 Å². The summed E-state index contributed by atoms with van der Waals surface area (Å²) in [6.45, 7) is 9.91. The molecule has 1 atom stereocenters. The van der Waals surface area contributed by atoms with Gasteiger partial charge in [-0.05, 0) is 37.5 Å². The fourth-order valence-corrected chi connectivity index (χ4v) is 4.70. The van der Waals surface area contributed by atoms with Gasteiger partial charge in [0.15, 0.2) is 11.0 Å². The second kappa shape index (κ2) is 6.33. The van der Waals surface area contributed by atoms with Gasteiger partial charge in [0.2, 0.25) is 5.89 Å². The lowest BCUT2D eigenvalue weighted by atomic mass is 9.73. The predicted molar refractivity (Wildman–Crippen MR) is 99.5 cm³/mol.